The molecule has 0 radical (unpaired) electrons. The van der Waals surface area contributed by atoms with E-state index < -0.39 is 0 Å². The maximum atomic E-state index is 11.3. The Balaban J connectivity index is 2.54. The number of amides is 1. The SMILES string of the molecule is O=C1NCSc2ccc(Cl)cc21. The van der Waals surface area contributed by atoms with E-state index in [1.54, 1.807) is 23.9 Å². The van der Waals surface area contributed by atoms with Gasteiger partial charge in [-0.2, -0.15) is 0 Å². The van der Waals surface area contributed by atoms with Crippen molar-refractivity contribution in [2.45, 2.75) is 4.90 Å². The van der Waals surface area contributed by atoms with Gasteiger partial charge >= 0.3 is 0 Å². The molecule has 0 atom stereocenters. The molecule has 1 aromatic carbocycles. The average molecular weight is 200 g/mol. The first-order chi connectivity index (χ1) is 5.77. The third kappa shape index (κ3) is 1.30. The molecule has 0 unspecified atom stereocenters. The summed E-state index contributed by atoms with van der Waals surface area (Å²) in [5.41, 5.74) is 0.679. The third-order valence-electron chi connectivity index (χ3n) is 1.65. The molecule has 0 fully saturated rings. The van der Waals surface area contributed by atoms with Gasteiger partial charge in [-0.1, -0.05) is 11.6 Å². The molecular formula is C8H6ClNOS. The fourth-order valence-electron chi connectivity index (χ4n) is 1.08. The van der Waals surface area contributed by atoms with Crippen molar-refractivity contribution in [3.05, 3.63) is 28.8 Å². The number of benzene rings is 1. The van der Waals surface area contributed by atoms with Crippen LogP contribution in [0.1, 0.15) is 10.4 Å². The highest BCUT2D eigenvalue weighted by molar-refractivity contribution is 7.99. The van der Waals surface area contributed by atoms with Gasteiger partial charge in [-0.05, 0) is 18.2 Å². The second kappa shape index (κ2) is 2.99. The number of hydrogen-bond donors (Lipinski definition) is 1. The molecule has 1 heterocycles. The highest BCUT2D eigenvalue weighted by Crippen LogP contribution is 2.27. The Hall–Kier alpha value is -0.670. The van der Waals surface area contributed by atoms with E-state index in [1.165, 1.54) is 0 Å². The first-order valence-corrected chi connectivity index (χ1v) is 4.84. The van der Waals surface area contributed by atoms with Crippen molar-refractivity contribution in [2.24, 2.45) is 0 Å². The lowest BCUT2D eigenvalue weighted by Gasteiger charge is -2.15. The maximum Gasteiger partial charge on any atom is 0.253 e. The summed E-state index contributed by atoms with van der Waals surface area (Å²) in [5.74, 6) is 0.610. The lowest BCUT2D eigenvalue weighted by molar-refractivity contribution is 0.0955. The van der Waals surface area contributed by atoms with E-state index in [4.69, 9.17) is 11.6 Å². The number of fused-ring (bicyclic) bond motifs is 1. The van der Waals surface area contributed by atoms with Crippen molar-refractivity contribution in [3.8, 4) is 0 Å². The number of carbonyl (C=O) groups is 1. The maximum absolute atomic E-state index is 11.3. The lowest BCUT2D eigenvalue weighted by Crippen LogP contribution is -2.27. The molecule has 62 valence electrons. The van der Waals surface area contributed by atoms with Crippen LogP contribution in [0, 0.1) is 0 Å². The molecule has 0 aliphatic carbocycles. The minimum absolute atomic E-state index is 0.0359. The van der Waals surface area contributed by atoms with Gasteiger partial charge in [-0.3, -0.25) is 4.79 Å². The van der Waals surface area contributed by atoms with Gasteiger partial charge in [0.15, 0.2) is 0 Å². The van der Waals surface area contributed by atoms with E-state index in [2.05, 4.69) is 5.32 Å². The van der Waals surface area contributed by atoms with Crippen molar-refractivity contribution < 1.29 is 4.79 Å². The van der Waals surface area contributed by atoms with Gasteiger partial charge in [0.2, 0.25) is 0 Å². The molecule has 0 aromatic heterocycles. The number of thioether (sulfide) groups is 1. The van der Waals surface area contributed by atoms with Gasteiger partial charge in [0.05, 0.1) is 11.4 Å². The summed E-state index contributed by atoms with van der Waals surface area (Å²) in [4.78, 5) is 12.3. The first kappa shape index (κ1) is 7.95. The normalized spacial score (nSPS) is 15.2. The fourth-order valence-corrected chi connectivity index (χ4v) is 2.08. The molecule has 2 rings (SSSR count). The summed E-state index contributed by atoms with van der Waals surface area (Å²) in [6, 6.07) is 5.37. The van der Waals surface area contributed by atoms with Crippen LogP contribution in [0.3, 0.4) is 0 Å². The van der Waals surface area contributed by atoms with Crippen LogP contribution in [-0.4, -0.2) is 11.8 Å². The Morgan fingerprint density at radius 1 is 1.50 bits per heavy atom. The van der Waals surface area contributed by atoms with Crippen LogP contribution in [0.15, 0.2) is 23.1 Å². The van der Waals surface area contributed by atoms with Crippen LogP contribution in [-0.2, 0) is 0 Å². The Morgan fingerprint density at radius 3 is 3.17 bits per heavy atom. The molecule has 1 amide bonds. The van der Waals surface area contributed by atoms with E-state index in [0.29, 0.717) is 16.5 Å². The van der Waals surface area contributed by atoms with Gasteiger partial charge in [0, 0.05) is 9.92 Å². The summed E-state index contributed by atoms with van der Waals surface area (Å²) in [6.07, 6.45) is 0. The molecule has 0 bridgehead atoms. The van der Waals surface area contributed by atoms with Crippen LogP contribution in [0.25, 0.3) is 0 Å². The summed E-state index contributed by atoms with van der Waals surface area (Å²) in [5, 5.41) is 3.33. The molecule has 0 spiro atoms. The second-order valence-corrected chi connectivity index (χ2v) is 3.89. The Morgan fingerprint density at radius 2 is 2.33 bits per heavy atom. The molecule has 1 aliphatic rings. The van der Waals surface area contributed by atoms with Gasteiger partial charge in [-0.25, -0.2) is 0 Å². The van der Waals surface area contributed by atoms with E-state index >= 15 is 0 Å². The summed E-state index contributed by atoms with van der Waals surface area (Å²) >= 11 is 7.36. The van der Waals surface area contributed by atoms with Crippen LogP contribution < -0.4 is 5.32 Å². The van der Waals surface area contributed by atoms with Crippen molar-refractivity contribution in [1.29, 1.82) is 0 Å². The first-order valence-electron chi connectivity index (χ1n) is 3.48. The van der Waals surface area contributed by atoms with E-state index in [0.717, 1.165) is 4.90 Å². The number of halogens is 1. The van der Waals surface area contributed by atoms with Gasteiger partial charge in [0.1, 0.15) is 0 Å². The second-order valence-electron chi connectivity index (χ2n) is 2.44. The zero-order chi connectivity index (χ0) is 8.55. The van der Waals surface area contributed by atoms with E-state index in [-0.39, 0.29) is 5.91 Å². The summed E-state index contributed by atoms with van der Waals surface area (Å²) in [6.45, 7) is 0. The molecule has 2 nitrogen and oxygen atoms in total. The Kier molecular flexibility index (Phi) is 1.98. The van der Waals surface area contributed by atoms with Crippen LogP contribution in [0.5, 0.6) is 0 Å². The third-order valence-corrected chi connectivity index (χ3v) is 2.84. The minimum atomic E-state index is -0.0359. The van der Waals surface area contributed by atoms with Crippen molar-refractivity contribution >= 4 is 29.3 Å². The monoisotopic (exact) mass is 199 g/mol. The average Bonchev–Trinajstić information content (AvgIpc) is 2.07. The topological polar surface area (TPSA) is 29.1 Å². The standard InChI is InChI=1S/C8H6ClNOS/c9-5-1-2-7-6(3-5)8(11)10-4-12-7/h1-3H,4H2,(H,10,11). The molecule has 0 saturated carbocycles. The van der Waals surface area contributed by atoms with Gasteiger partial charge in [-0.15, -0.1) is 11.8 Å². The number of rotatable bonds is 0. The molecule has 1 aromatic rings. The van der Waals surface area contributed by atoms with Crippen molar-refractivity contribution in [3.63, 3.8) is 0 Å². The molecule has 0 saturated heterocycles. The predicted molar refractivity (Wildman–Crippen MR) is 49.6 cm³/mol. The van der Waals surface area contributed by atoms with Crippen LogP contribution in [0.4, 0.5) is 0 Å². The van der Waals surface area contributed by atoms with E-state index in [1.807, 2.05) is 6.07 Å². The minimum Gasteiger partial charge on any atom is -0.343 e. The van der Waals surface area contributed by atoms with E-state index in [9.17, 15) is 4.79 Å². The van der Waals surface area contributed by atoms with Gasteiger partial charge in [0.25, 0.3) is 5.91 Å². The van der Waals surface area contributed by atoms with Crippen LogP contribution in [0.2, 0.25) is 5.02 Å². The smallest absolute Gasteiger partial charge is 0.253 e. The Bertz CT molecular complexity index is 340. The van der Waals surface area contributed by atoms with Crippen molar-refractivity contribution in [2.75, 3.05) is 5.88 Å². The number of nitrogens with one attached hydrogen (secondary N) is 1. The quantitative estimate of drug-likeness (QED) is 0.694. The highest BCUT2D eigenvalue weighted by atomic mass is 35.5. The number of hydrogen-bond acceptors (Lipinski definition) is 2. The zero-order valence-corrected chi connectivity index (χ0v) is 7.71. The summed E-state index contributed by atoms with van der Waals surface area (Å²) < 4.78 is 0. The lowest BCUT2D eigenvalue weighted by atomic mass is 10.2. The largest absolute Gasteiger partial charge is 0.343 e. The molecule has 4 heteroatoms. The molecule has 1 N–H and O–H groups in total. The fraction of sp³-hybridized carbons (Fsp3) is 0.125. The molecule has 1 aliphatic heterocycles. The molecule has 12 heavy (non-hydrogen) atoms. The summed E-state index contributed by atoms with van der Waals surface area (Å²) in [7, 11) is 0. The zero-order valence-electron chi connectivity index (χ0n) is 6.13. The number of carbonyl (C=O) groups excluding carboxylic acids is 1. The van der Waals surface area contributed by atoms with Crippen molar-refractivity contribution in [1.82, 2.24) is 5.32 Å². The Labute approximate surface area is 79.3 Å². The van der Waals surface area contributed by atoms with Gasteiger partial charge < -0.3 is 5.32 Å². The molecular weight excluding hydrogens is 194 g/mol. The highest BCUT2D eigenvalue weighted by Gasteiger charge is 2.16. The predicted octanol–water partition coefficient (Wildman–Crippen LogP) is 2.13. The van der Waals surface area contributed by atoms with Crippen LogP contribution >= 0.6 is 23.4 Å².